The molecule has 0 radical (unpaired) electrons. The molecule has 1 aromatic carbocycles. The largest absolute Gasteiger partial charge is 0.493 e. The van der Waals surface area contributed by atoms with Gasteiger partial charge in [0, 0.05) is 6.54 Å². The van der Waals surface area contributed by atoms with Crippen LogP contribution in [-0.2, 0) is 6.42 Å². The van der Waals surface area contributed by atoms with Gasteiger partial charge in [0.1, 0.15) is 0 Å². The third kappa shape index (κ3) is 4.63. The van der Waals surface area contributed by atoms with E-state index in [-0.39, 0.29) is 6.10 Å². The number of nitrogens with one attached hydrogen (secondary N) is 1. The van der Waals surface area contributed by atoms with E-state index in [9.17, 15) is 0 Å². The first-order chi connectivity index (χ1) is 8.17. The number of methoxy groups -OCH3 is 2. The zero-order valence-corrected chi connectivity index (χ0v) is 10.7. The minimum atomic E-state index is -0.305. The highest BCUT2D eigenvalue weighted by molar-refractivity contribution is 5.42. The molecule has 0 amide bonds. The van der Waals surface area contributed by atoms with Crippen molar-refractivity contribution in [2.24, 2.45) is 0 Å². The molecular weight excluding hydrogens is 218 g/mol. The molecule has 0 unspecified atom stereocenters. The van der Waals surface area contributed by atoms with E-state index in [1.54, 1.807) is 21.1 Å². The first-order valence-corrected chi connectivity index (χ1v) is 5.77. The Morgan fingerprint density at radius 1 is 1.24 bits per heavy atom. The number of hydrogen-bond donors (Lipinski definition) is 2. The Labute approximate surface area is 103 Å². The summed E-state index contributed by atoms with van der Waals surface area (Å²) in [6.45, 7) is 3.22. The van der Waals surface area contributed by atoms with Crippen LogP contribution < -0.4 is 14.8 Å². The van der Waals surface area contributed by atoms with E-state index < -0.39 is 0 Å². The first-order valence-electron chi connectivity index (χ1n) is 5.77. The zero-order valence-electron chi connectivity index (χ0n) is 10.7. The highest BCUT2D eigenvalue weighted by Gasteiger charge is 2.04. The maximum Gasteiger partial charge on any atom is 0.160 e. The second kappa shape index (κ2) is 7.14. The molecule has 2 N–H and O–H groups in total. The summed E-state index contributed by atoms with van der Waals surface area (Å²) in [4.78, 5) is 0. The van der Waals surface area contributed by atoms with Gasteiger partial charge in [0.15, 0.2) is 11.5 Å². The second-order valence-corrected chi connectivity index (χ2v) is 3.99. The van der Waals surface area contributed by atoms with Crippen molar-refractivity contribution in [2.45, 2.75) is 19.4 Å². The average Bonchev–Trinajstić information content (AvgIpc) is 2.34. The van der Waals surface area contributed by atoms with Gasteiger partial charge in [-0.05, 0) is 37.6 Å². The lowest BCUT2D eigenvalue weighted by atomic mass is 10.1. The quantitative estimate of drug-likeness (QED) is 0.702. The van der Waals surface area contributed by atoms with Crippen LogP contribution in [0.5, 0.6) is 11.5 Å². The van der Waals surface area contributed by atoms with Crippen molar-refractivity contribution in [3.8, 4) is 11.5 Å². The van der Waals surface area contributed by atoms with Crippen molar-refractivity contribution in [2.75, 3.05) is 27.3 Å². The highest BCUT2D eigenvalue weighted by atomic mass is 16.5. The van der Waals surface area contributed by atoms with Gasteiger partial charge in [-0.25, -0.2) is 0 Å². The van der Waals surface area contributed by atoms with E-state index in [1.807, 2.05) is 18.2 Å². The second-order valence-electron chi connectivity index (χ2n) is 3.99. The summed E-state index contributed by atoms with van der Waals surface area (Å²) >= 11 is 0. The summed E-state index contributed by atoms with van der Waals surface area (Å²) < 4.78 is 10.4. The van der Waals surface area contributed by atoms with Crippen LogP contribution in [0.15, 0.2) is 18.2 Å². The molecule has 0 aliphatic rings. The normalized spacial score (nSPS) is 12.2. The van der Waals surface area contributed by atoms with E-state index in [1.165, 1.54) is 5.56 Å². The minimum absolute atomic E-state index is 0.305. The molecule has 0 saturated heterocycles. The first kappa shape index (κ1) is 13.8. The van der Waals surface area contributed by atoms with E-state index in [0.29, 0.717) is 6.54 Å². The topological polar surface area (TPSA) is 50.7 Å². The molecule has 96 valence electrons. The standard InChI is InChI=1S/C13H21NO3/c1-10(15)9-14-7-6-11-4-5-12(16-2)13(8-11)17-3/h4-5,8,10,14-15H,6-7,9H2,1-3H3/t10-/m1/s1. The molecule has 0 saturated carbocycles. The molecule has 1 rings (SSSR count). The number of ether oxygens (including phenoxy) is 2. The smallest absolute Gasteiger partial charge is 0.160 e. The fourth-order valence-electron chi connectivity index (χ4n) is 1.58. The molecule has 4 heteroatoms. The third-order valence-corrected chi connectivity index (χ3v) is 2.48. The van der Waals surface area contributed by atoms with Gasteiger partial charge in [-0.1, -0.05) is 6.07 Å². The van der Waals surface area contributed by atoms with Gasteiger partial charge in [0.2, 0.25) is 0 Å². The fraction of sp³-hybridized carbons (Fsp3) is 0.538. The van der Waals surface area contributed by atoms with Crippen LogP contribution in [0.25, 0.3) is 0 Å². The summed E-state index contributed by atoms with van der Waals surface area (Å²) in [5.41, 5.74) is 1.18. The molecule has 1 aromatic rings. The van der Waals surface area contributed by atoms with Crippen molar-refractivity contribution >= 4 is 0 Å². The monoisotopic (exact) mass is 239 g/mol. The fourth-order valence-corrected chi connectivity index (χ4v) is 1.58. The van der Waals surface area contributed by atoms with Crippen LogP contribution >= 0.6 is 0 Å². The van der Waals surface area contributed by atoms with Crippen LogP contribution in [0.1, 0.15) is 12.5 Å². The van der Waals surface area contributed by atoms with Crippen LogP contribution in [0.2, 0.25) is 0 Å². The molecule has 4 nitrogen and oxygen atoms in total. The zero-order chi connectivity index (χ0) is 12.7. The van der Waals surface area contributed by atoms with E-state index in [4.69, 9.17) is 14.6 Å². The van der Waals surface area contributed by atoms with Crippen molar-refractivity contribution in [3.05, 3.63) is 23.8 Å². The van der Waals surface area contributed by atoms with Crippen LogP contribution in [0.3, 0.4) is 0 Å². The molecule has 0 aromatic heterocycles. The molecule has 0 bridgehead atoms. The Hall–Kier alpha value is -1.26. The average molecular weight is 239 g/mol. The van der Waals surface area contributed by atoms with Crippen molar-refractivity contribution < 1.29 is 14.6 Å². The molecule has 0 fully saturated rings. The number of benzene rings is 1. The molecule has 0 heterocycles. The van der Waals surface area contributed by atoms with E-state index in [2.05, 4.69) is 5.32 Å². The summed E-state index contributed by atoms with van der Waals surface area (Å²) in [7, 11) is 3.26. The van der Waals surface area contributed by atoms with E-state index in [0.717, 1.165) is 24.5 Å². The van der Waals surface area contributed by atoms with Gasteiger partial charge in [0.25, 0.3) is 0 Å². The molecule has 17 heavy (non-hydrogen) atoms. The van der Waals surface area contributed by atoms with Crippen LogP contribution in [0, 0.1) is 0 Å². The lowest BCUT2D eigenvalue weighted by Gasteiger charge is -2.10. The lowest BCUT2D eigenvalue weighted by Crippen LogP contribution is -2.26. The predicted molar refractivity (Wildman–Crippen MR) is 67.8 cm³/mol. The van der Waals surface area contributed by atoms with Gasteiger partial charge in [-0.2, -0.15) is 0 Å². The summed E-state index contributed by atoms with van der Waals surface area (Å²) in [5.74, 6) is 1.49. The molecule has 1 atom stereocenters. The Kier molecular flexibility index (Phi) is 5.80. The maximum atomic E-state index is 9.10. The number of aliphatic hydroxyl groups is 1. The highest BCUT2D eigenvalue weighted by Crippen LogP contribution is 2.27. The molecule has 0 aliphatic carbocycles. The van der Waals surface area contributed by atoms with E-state index >= 15 is 0 Å². The summed E-state index contributed by atoms with van der Waals surface area (Å²) in [6.07, 6.45) is 0.591. The molecule has 0 aliphatic heterocycles. The Morgan fingerprint density at radius 3 is 2.53 bits per heavy atom. The Morgan fingerprint density at radius 2 is 1.94 bits per heavy atom. The number of hydrogen-bond acceptors (Lipinski definition) is 4. The van der Waals surface area contributed by atoms with Crippen molar-refractivity contribution in [1.29, 1.82) is 0 Å². The molecular formula is C13H21NO3. The maximum absolute atomic E-state index is 9.10. The van der Waals surface area contributed by atoms with Gasteiger partial charge < -0.3 is 19.9 Å². The van der Waals surface area contributed by atoms with Gasteiger partial charge in [-0.15, -0.1) is 0 Å². The summed E-state index contributed by atoms with van der Waals surface area (Å²) in [6, 6.07) is 5.90. The van der Waals surface area contributed by atoms with Crippen LogP contribution in [-0.4, -0.2) is 38.5 Å². The van der Waals surface area contributed by atoms with Gasteiger partial charge >= 0.3 is 0 Å². The van der Waals surface area contributed by atoms with Gasteiger partial charge in [0.05, 0.1) is 20.3 Å². The number of aliphatic hydroxyl groups excluding tert-OH is 1. The summed E-state index contributed by atoms with van der Waals surface area (Å²) in [5, 5.41) is 12.3. The van der Waals surface area contributed by atoms with Gasteiger partial charge in [-0.3, -0.25) is 0 Å². The van der Waals surface area contributed by atoms with Crippen molar-refractivity contribution in [3.63, 3.8) is 0 Å². The third-order valence-electron chi connectivity index (χ3n) is 2.48. The minimum Gasteiger partial charge on any atom is -0.493 e. The predicted octanol–water partition coefficient (Wildman–Crippen LogP) is 1.22. The van der Waals surface area contributed by atoms with Crippen LogP contribution in [0.4, 0.5) is 0 Å². The number of rotatable bonds is 7. The molecule has 0 spiro atoms. The SMILES string of the molecule is COc1ccc(CCNC[C@@H](C)O)cc1OC. The Bertz CT molecular complexity index is 339. The Balaban J connectivity index is 2.48. The van der Waals surface area contributed by atoms with Crippen molar-refractivity contribution in [1.82, 2.24) is 5.32 Å². The lowest BCUT2D eigenvalue weighted by molar-refractivity contribution is 0.191.